The molecule has 0 amide bonds. The van der Waals surface area contributed by atoms with Gasteiger partial charge in [-0.05, 0) is 42.7 Å². The molecule has 1 spiro atoms. The lowest BCUT2D eigenvalue weighted by atomic mass is 9.91. The monoisotopic (exact) mass is 173 g/mol. The van der Waals surface area contributed by atoms with Crippen molar-refractivity contribution in [2.75, 3.05) is 6.54 Å². The molecule has 0 aromatic heterocycles. The van der Waals surface area contributed by atoms with E-state index in [1.54, 1.807) is 0 Å². The topological polar surface area (TPSA) is 12.0 Å². The zero-order valence-corrected chi connectivity index (χ0v) is 7.84. The summed E-state index contributed by atoms with van der Waals surface area (Å²) in [6.07, 6.45) is 14.3. The number of hydrogen-bond acceptors (Lipinski definition) is 1. The predicted molar refractivity (Wildman–Crippen MR) is 54.2 cm³/mol. The van der Waals surface area contributed by atoms with Crippen LogP contribution in [0.3, 0.4) is 0 Å². The van der Waals surface area contributed by atoms with Crippen molar-refractivity contribution in [3.63, 3.8) is 0 Å². The Morgan fingerprint density at radius 3 is 2.85 bits per heavy atom. The molecule has 1 aliphatic heterocycles. The van der Waals surface area contributed by atoms with Gasteiger partial charge in [0, 0.05) is 12.2 Å². The van der Waals surface area contributed by atoms with Crippen LogP contribution in [-0.2, 0) is 0 Å². The van der Waals surface area contributed by atoms with E-state index in [0.717, 1.165) is 6.42 Å². The van der Waals surface area contributed by atoms with Gasteiger partial charge < -0.3 is 5.32 Å². The fraction of sp³-hybridized carbons (Fsp3) is 0.500. The second-order valence-electron chi connectivity index (χ2n) is 4.51. The van der Waals surface area contributed by atoms with Gasteiger partial charge >= 0.3 is 0 Å². The molecule has 0 bridgehead atoms. The van der Waals surface area contributed by atoms with Crippen LogP contribution in [0.1, 0.15) is 25.7 Å². The number of allylic oxidation sites excluding steroid dienone is 5. The largest absolute Gasteiger partial charge is 0.384 e. The lowest BCUT2D eigenvalue weighted by molar-refractivity contribution is 0.456. The molecule has 0 radical (unpaired) electrons. The molecule has 0 atom stereocenters. The Labute approximate surface area is 79.2 Å². The molecule has 1 heteroatoms. The minimum Gasteiger partial charge on any atom is -0.384 e. The zero-order chi connectivity index (χ0) is 8.73. The van der Waals surface area contributed by atoms with Crippen LogP contribution in [0.4, 0.5) is 0 Å². The average molecular weight is 173 g/mol. The third kappa shape index (κ3) is 1.23. The molecule has 1 N–H and O–H groups in total. The van der Waals surface area contributed by atoms with Crippen LogP contribution in [0.2, 0.25) is 0 Å². The van der Waals surface area contributed by atoms with E-state index in [2.05, 4.69) is 29.6 Å². The summed E-state index contributed by atoms with van der Waals surface area (Å²) in [6.45, 7) is 1.20. The van der Waals surface area contributed by atoms with Crippen molar-refractivity contribution in [3.8, 4) is 0 Å². The smallest absolute Gasteiger partial charge is 0.0369 e. The van der Waals surface area contributed by atoms with Crippen molar-refractivity contribution in [3.05, 3.63) is 35.6 Å². The summed E-state index contributed by atoms with van der Waals surface area (Å²) < 4.78 is 0. The summed E-state index contributed by atoms with van der Waals surface area (Å²) >= 11 is 0. The van der Waals surface area contributed by atoms with Gasteiger partial charge in [0.2, 0.25) is 0 Å². The van der Waals surface area contributed by atoms with Crippen LogP contribution in [-0.4, -0.2) is 6.54 Å². The maximum atomic E-state index is 3.56. The van der Waals surface area contributed by atoms with Crippen molar-refractivity contribution in [1.29, 1.82) is 0 Å². The van der Waals surface area contributed by atoms with E-state index in [-0.39, 0.29) is 0 Å². The first-order valence-corrected chi connectivity index (χ1v) is 5.18. The van der Waals surface area contributed by atoms with Gasteiger partial charge in [0.15, 0.2) is 0 Å². The number of hydrogen-bond donors (Lipinski definition) is 1. The Hall–Kier alpha value is -0.980. The molecular weight excluding hydrogens is 158 g/mol. The van der Waals surface area contributed by atoms with Crippen molar-refractivity contribution in [2.45, 2.75) is 25.7 Å². The zero-order valence-electron chi connectivity index (χ0n) is 7.84. The van der Waals surface area contributed by atoms with E-state index in [1.807, 2.05) is 0 Å². The van der Waals surface area contributed by atoms with Gasteiger partial charge in [-0.1, -0.05) is 18.2 Å². The Bertz CT molecular complexity index is 316. The van der Waals surface area contributed by atoms with Gasteiger partial charge in [0.05, 0.1) is 0 Å². The second kappa shape index (κ2) is 2.50. The molecule has 0 unspecified atom stereocenters. The second-order valence-corrected chi connectivity index (χ2v) is 4.51. The molecule has 0 saturated heterocycles. The average Bonchev–Trinajstić information content (AvgIpc) is 2.91. The van der Waals surface area contributed by atoms with E-state index in [4.69, 9.17) is 0 Å². The minimum absolute atomic E-state index is 0.654. The van der Waals surface area contributed by atoms with Gasteiger partial charge in [-0.3, -0.25) is 0 Å². The molecular formula is C12H15N. The van der Waals surface area contributed by atoms with E-state index < -0.39 is 0 Å². The number of nitrogens with one attached hydrogen (secondary N) is 1. The first kappa shape index (κ1) is 7.43. The predicted octanol–water partition coefficient (Wildman–Crippen LogP) is 2.53. The van der Waals surface area contributed by atoms with Crippen LogP contribution in [0.15, 0.2) is 35.6 Å². The first-order chi connectivity index (χ1) is 6.38. The molecule has 68 valence electrons. The van der Waals surface area contributed by atoms with E-state index in [0.29, 0.717) is 5.41 Å². The lowest BCUT2D eigenvalue weighted by Gasteiger charge is -2.25. The quantitative estimate of drug-likeness (QED) is 0.593. The Morgan fingerprint density at radius 1 is 1.15 bits per heavy atom. The van der Waals surface area contributed by atoms with Gasteiger partial charge in [-0.25, -0.2) is 0 Å². The minimum atomic E-state index is 0.654. The van der Waals surface area contributed by atoms with Crippen LogP contribution in [0.25, 0.3) is 0 Å². The summed E-state index contributed by atoms with van der Waals surface area (Å²) in [5.41, 5.74) is 3.55. The SMILES string of the molecule is C1=CC2=C(C=CC1)NCC1(CC1)C2. The summed E-state index contributed by atoms with van der Waals surface area (Å²) in [7, 11) is 0. The first-order valence-electron chi connectivity index (χ1n) is 5.18. The van der Waals surface area contributed by atoms with Crippen molar-refractivity contribution in [2.24, 2.45) is 5.41 Å². The highest BCUT2D eigenvalue weighted by atomic mass is 14.9. The molecule has 1 heterocycles. The highest BCUT2D eigenvalue weighted by Crippen LogP contribution is 2.52. The van der Waals surface area contributed by atoms with E-state index in [9.17, 15) is 0 Å². The summed E-state index contributed by atoms with van der Waals surface area (Å²) in [5.74, 6) is 0. The fourth-order valence-corrected chi connectivity index (χ4v) is 2.28. The fourth-order valence-electron chi connectivity index (χ4n) is 2.28. The Morgan fingerprint density at radius 2 is 2.00 bits per heavy atom. The van der Waals surface area contributed by atoms with Crippen LogP contribution < -0.4 is 5.32 Å². The highest BCUT2D eigenvalue weighted by Gasteiger charge is 2.44. The molecule has 0 aromatic rings. The van der Waals surface area contributed by atoms with Crippen LogP contribution in [0, 0.1) is 5.41 Å². The molecule has 3 rings (SSSR count). The molecule has 1 fully saturated rings. The summed E-state index contributed by atoms with van der Waals surface area (Å²) in [4.78, 5) is 0. The van der Waals surface area contributed by atoms with Gasteiger partial charge in [0.25, 0.3) is 0 Å². The summed E-state index contributed by atoms with van der Waals surface area (Å²) in [6, 6.07) is 0. The normalized spacial score (nSPS) is 28.3. The lowest BCUT2D eigenvalue weighted by Crippen LogP contribution is -2.29. The van der Waals surface area contributed by atoms with Crippen molar-refractivity contribution < 1.29 is 0 Å². The van der Waals surface area contributed by atoms with E-state index in [1.165, 1.54) is 37.1 Å². The maximum Gasteiger partial charge on any atom is 0.0369 e. The van der Waals surface area contributed by atoms with Crippen molar-refractivity contribution in [1.82, 2.24) is 5.32 Å². The van der Waals surface area contributed by atoms with Crippen LogP contribution >= 0.6 is 0 Å². The molecule has 2 aliphatic carbocycles. The highest BCUT2D eigenvalue weighted by molar-refractivity contribution is 5.38. The maximum absolute atomic E-state index is 3.56. The third-order valence-corrected chi connectivity index (χ3v) is 3.40. The van der Waals surface area contributed by atoms with Gasteiger partial charge in [-0.2, -0.15) is 0 Å². The Balaban J connectivity index is 1.94. The Kier molecular flexibility index (Phi) is 1.43. The molecule has 1 saturated carbocycles. The number of rotatable bonds is 0. The third-order valence-electron chi connectivity index (χ3n) is 3.40. The summed E-state index contributed by atoms with van der Waals surface area (Å²) in [5, 5.41) is 3.56. The molecule has 13 heavy (non-hydrogen) atoms. The molecule has 3 aliphatic rings. The van der Waals surface area contributed by atoms with Crippen molar-refractivity contribution >= 4 is 0 Å². The molecule has 0 aromatic carbocycles. The van der Waals surface area contributed by atoms with E-state index >= 15 is 0 Å². The molecule has 1 nitrogen and oxygen atoms in total. The van der Waals surface area contributed by atoms with Crippen LogP contribution in [0.5, 0.6) is 0 Å². The van der Waals surface area contributed by atoms with Gasteiger partial charge in [0.1, 0.15) is 0 Å². The standard InChI is InChI=1S/C12H15N/c1-2-4-10-8-12(6-7-12)9-13-11(10)5-3-1/h2-5,13H,1,6-9H2. The van der Waals surface area contributed by atoms with Gasteiger partial charge in [-0.15, -0.1) is 0 Å².